The van der Waals surface area contributed by atoms with Crippen LogP contribution in [0.15, 0.2) is 66.9 Å². The predicted molar refractivity (Wildman–Crippen MR) is 145 cm³/mol. The van der Waals surface area contributed by atoms with Gasteiger partial charge in [0.1, 0.15) is 11.6 Å². The summed E-state index contributed by atoms with van der Waals surface area (Å²) >= 11 is 0. The highest BCUT2D eigenvalue weighted by Crippen LogP contribution is 2.29. The molecule has 0 saturated carbocycles. The van der Waals surface area contributed by atoms with Crippen LogP contribution in [0.2, 0.25) is 0 Å². The van der Waals surface area contributed by atoms with Crippen molar-refractivity contribution in [3.63, 3.8) is 0 Å². The Labute approximate surface area is 233 Å². The smallest absolute Gasteiger partial charge is 0.428 e. The molecule has 0 aliphatic carbocycles. The second-order valence-corrected chi connectivity index (χ2v) is 9.83. The highest BCUT2D eigenvalue weighted by molar-refractivity contribution is 5.92. The molecular weight excluding hydrogens is 542 g/mol. The molecule has 2 atom stereocenters. The molecule has 12 heteroatoms. The van der Waals surface area contributed by atoms with Crippen LogP contribution in [0.4, 0.5) is 29.1 Å². The van der Waals surface area contributed by atoms with Crippen molar-refractivity contribution in [2.75, 3.05) is 23.3 Å². The van der Waals surface area contributed by atoms with Gasteiger partial charge >= 0.3 is 12.5 Å². The lowest BCUT2D eigenvalue weighted by Crippen LogP contribution is -2.45. The molecule has 1 aromatic carbocycles. The van der Waals surface area contributed by atoms with Gasteiger partial charge in [-0.1, -0.05) is 12.1 Å². The van der Waals surface area contributed by atoms with E-state index in [0.717, 1.165) is 36.4 Å². The molecule has 0 spiro atoms. The number of pyridine rings is 3. The zero-order chi connectivity index (χ0) is 29.1. The number of ether oxygens (including phenoxy) is 2. The summed E-state index contributed by atoms with van der Waals surface area (Å²) in [5.41, 5.74) is 2.51. The quantitative estimate of drug-likeness (QED) is 0.272. The number of amides is 1. The molecule has 1 aliphatic rings. The highest BCUT2D eigenvalue weighted by atomic mass is 19.3. The Balaban J connectivity index is 1.30. The number of rotatable bonds is 8. The second kappa shape index (κ2) is 11.7. The molecule has 41 heavy (non-hydrogen) atoms. The third-order valence-electron chi connectivity index (χ3n) is 6.34. The van der Waals surface area contributed by atoms with E-state index >= 15 is 0 Å². The SMILES string of the molecule is C[C@@H]1CN(c2cccc(-c3ccc4cnc(CC(=O)Nc5cccc(OC(F)(F)C(F)F)c5)cc4n3)n2)C[C@H](C)O1. The zero-order valence-corrected chi connectivity index (χ0v) is 22.2. The first-order chi connectivity index (χ1) is 19.6. The Bertz CT molecular complexity index is 1540. The minimum atomic E-state index is -4.65. The fraction of sp³-hybridized carbons (Fsp3) is 0.310. The van der Waals surface area contributed by atoms with Crippen LogP contribution in [0.3, 0.4) is 0 Å². The molecule has 1 fully saturated rings. The summed E-state index contributed by atoms with van der Waals surface area (Å²) in [5.74, 6) is -0.163. The van der Waals surface area contributed by atoms with E-state index in [4.69, 9.17) is 14.7 Å². The van der Waals surface area contributed by atoms with Crippen LogP contribution in [-0.2, 0) is 16.0 Å². The first kappa shape index (κ1) is 28.2. The van der Waals surface area contributed by atoms with E-state index in [9.17, 15) is 22.4 Å². The number of carbonyl (C=O) groups is 1. The van der Waals surface area contributed by atoms with Gasteiger partial charge in [-0.15, -0.1) is 0 Å². The third-order valence-corrected chi connectivity index (χ3v) is 6.34. The van der Waals surface area contributed by atoms with Gasteiger partial charge in [-0.2, -0.15) is 17.6 Å². The molecule has 5 rings (SSSR count). The van der Waals surface area contributed by atoms with Crippen molar-refractivity contribution in [2.24, 2.45) is 0 Å². The van der Waals surface area contributed by atoms with E-state index in [1.807, 2.05) is 44.2 Å². The van der Waals surface area contributed by atoms with Gasteiger partial charge in [0.25, 0.3) is 0 Å². The number of hydrogen-bond donors (Lipinski definition) is 1. The summed E-state index contributed by atoms with van der Waals surface area (Å²) in [6.45, 7) is 5.55. The highest BCUT2D eigenvalue weighted by Gasteiger charge is 2.44. The van der Waals surface area contributed by atoms with Gasteiger partial charge in [-0.05, 0) is 56.3 Å². The van der Waals surface area contributed by atoms with Gasteiger partial charge in [-0.3, -0.25) is 9.78 Å². The van der Waals surface area contributed by atoms with Crippen molar-refractivity contribution in [2.45, 2.75) is 45.0 Å². The molecule has 0 bridgehead atoms. The molecule has 1 aliphatic heterocycles. The van der Waals surface area contributed by atoms with Gasteiger partial charge in [-0.25, -0.2) is 9.97 Å². The molecular formula is C29H27F4N5O3. The van der Waals surface area contributed by atoms with Crippen LogP contribution >= 0.6 is 0 Å². The molecule has 1 saturated heterocycles. The van der Waals surface area contributed by atoms with Gasteiger partial charge in [0, 0.05) is 36.4 Å². The van der Waals surface area contributed by atoms with Crippen LogP contribution in [-0.4, -0.2) is 58.7 Å². The van der Waals surface area contributed by atoms with Gasteiger partial charge in [0.15, 0.2) is 0 Å². The average molecular weight is 570 g/mol. The molecule has 214 valence electrons. The van der Waals surface area contributed by atoms with E-state index < -0.39 is 24.2 Å². The van der Waals surface area contributed by atoms with E-state index in [1.165, 1.54) is 12.1 Å². The Morgan fingerprint density at radius 1 is 1.05 bits per heavy atom. The third kappa shape index (κ3) is 6.88. The second-order valence-electron chi connectivity index (χ2n) is 9.83. The molecule has 4 aromatic rings. The molecule has 4 heterocycles. The summed E-state index contributed by atoms with van der Waals surface area (Å²) in [4.78, 5) is 28.7. The monoisotopic (exact) mass is 569 g/mol. The fourth-order valence-electron chi connectivity index (χ4n) is 4.61. The Morgan fingerprint density at radius 2 is 1.78 bits per heavy atom. The summed E-state index contributed by atoms with van der Waals surface area (Å²) in [6.07, 6.45) is -6.99. The number of carbonyl (C=O) groups excluding carboxylic acids is 1. The van der Waals surface area contributed by atoms with Crippen molar-refractivity contribution in [1.29, 1.82) is 0 Å². The van der Waals surface area contributed by atoms with Gasteiger partial charge < -0.3 is 19.7 Å². The number of halogens is 4. The van der Waals surface area contributed by atoms with Crippen LogP contribution in [0, 0.1) is 0 Å². The molecule has 0 radical (unpaired) electrons. The van der Waals surface area contributed by atoms with Crippen LogP contribution in [0.1, 0.15) is 19.5 Å². The lowest BCUT2D eigenvalue weighted by Gasteiger charge is -2.36. The largest absolute Gasteiger partial charge is 0.461 e. The topological polar surface area (TPSA) is 89.5 Å². The van der Waals surface area contributed by atoms with Gasteiger partial charge in [0.2, 0.25) is 5.91 Å². The Morgan fingerprint density at radius 3 is 2.54 bits per heavy atom. The van der Waals surface area contributed by atoms with Crippen LogP contribution in [0.25, 0.3) is 22.3 Å². The number of nitrogens with zero attached hydrogens (tertiary/aromatic N) is 4. The summed E-state index contributed by atoms with van der Waals surface area (Å²) in [5, 5.41) is 3.31. The van der Waals surface area contributed by atoms with Gasteiger partial charge in [0.05, 0.1) is 41.2 Å². The summed E-state index contributed by atoms with van der Waals surface area (Å²) < 4.78 is 61.2. The first-order valence-electron chi connectivity index (χ1n) is 12.9. The zero-order valence-electron chi connectivity index (χ0n) is 22.2. The van der Waals surface area contributed by atoms with Crippen LogP contribution < -0.4 is 15.0 Å². The minimum absolute atomic E-state index is 0.0960. The number of nitrogens with one attached hydrogen (secondary N) is 1. The normalized spacial score (nSPS) is 17.6. The maximum Gasteiger partial charge on any atom is 0.461 e. The number of morpholine rings is 1. The maximum absolute atomic E-state index is 13.2. The fourth-order valence-corrected chi connectivity index (χ4v) is 4.61. The summed E-state index contributed by atoms with van der Waals surface area (Å²) in [7, 11) is 0. The molecule has 1 amide bonds. The maximum atomic E-state index is 13.2. The molecule has 3 aromatic heterocycles. The number of aromatic nitrogens is 3. The van der Waals surface area contributed by atoms with E-state index in [-0.39, 0.29) is 24.3 Å². The van der Waals surface area contributed by atoms with Crippen molar-refractivity contribution >= 4 is 28.3 Å². The van der Waals surface area contributed by atoms with E-state index in [2.05, 4.69) is 19.9 Å². The van der Waals surface area contributed by atoms with Crippen molar-refractivity contribution in [3.8, 4) is 17.1 Å². The Hall–Kier alpha value is -4.32. The van der Waals surface area contributed by atoms with E-state index in [1.54, 1.807) is 12.3 Å². The summed E-state index contributed by atoms with van der Waals surface area (Å²) in [6, 6.07) is 16.1. The molecule has 1 N–H and O–H groups in total. The van der Waals surface area contributed by atoms with Crippen molar-refractivity contribution in [1.82, 2.24) is 15.0 Å². The lowest BCUT2D eigenvalue weighted by atomic mass is 10.1. The minimum Gasteiger partial charge on any atom is -0.428 e. The number of anilines is 2. The van der Waals surface area contributed by atoms with Crippen molar-refractivity contribution < 1.29 is 31.8 Å². The lowest BCUT2D eigenvalue weighted by molar-refractivity contribution is -0.253. The average Bonchev–Trinajstić information content (AvgIpc) is 2.92. The first-order valence-corrected chi connectivity index (χ1v) is 12.9. The van der Waals surface area contributed by atoms with Crippen molar-refractivity contribution in [3.05, 3.63) is 72.6 Å². The number of alkyl halides is 4. The molecule has 8 nitrogen and oxygen atoms in total. The number of hydrogen-bond acceptors (Lipinski definition) is 7. The molecule has 0 unspecified atom stereocenters. The van der Waals surface area contributed by atoms with Crippen LogP contribution in [0.5, 0.6) is 5.75 Å². The van der Waals surface area contributed by atoms with E-state index in [0.29, 0.717) is 22.6 Å². The number of fused-ring (bicyclic) bond motifs is 1. The Kier molecular flexibility index (Phi) is 8.02. The predicted octanol–water partition coefficient (Wildman–Crippen LogP) is 5.72. The standard InChI is InChI=1S/C29H27F4N5O3/c1-17-15-38(16-18(2)40-17)26-8-4-7-23(37-26)24-10-9-19-14-34-21(12-25(19)36-24)13-27(39)35-20-5-3-6-22(11-20)41-29(32,33)28(30)31/h3-12,14,17-18,28H,13,15-16H2,1-2H3,(H,35,39)/t17-,18+. The number of benzene rings is 1.